The molecule has 1 heterocycles. The molecule has 3 rings (SSSR count). The Hall–Kier alpha value is -0.860. The molecule has 1 aromatic carbocycles. The number of alkyl halides is 2. The van der Waals surface area contributed by atoms with Gasteiger partial charge in [0.25, 0.3) is 5.91 Å². The van der Waals surface area contributed by atoms with E-state index in [0.717, 1.165) is 25.7 Å². The number of carbonyl (C=O) groups is 1. The first-order valence-corrected chi connectivity index (χ1v) is 13.6. The van der Waals surface area contributed by atoms with Crippen molar-refractivity contribution < 1.29 is 13.2 Å². The van der Waals surface area contributed by atoms with Gasteiger partial charge in [-0.2, -0.15) is 4.31 Å². The molecular formula is C22H33Cl2N3O3S. The number of hydrogen-bond acceptors (Lipinski definition) is 4. The Morgan fingerprint density at radius 2 is 1.81 bits per heavy atom. The molecule has 1 aliphatic carbocycles. The van der Waals surface area contributed by atoms with Crippen LogP contribution >= 0.6 is 23.2 Å². The van der Waals surface area contributed by atoms with Crippen LogP contribution in [-0.4, -0.2) is 78.3 Å². The lowest BCUT2D eigenvalue weighted by molar-refractivity contribution is 0.0423. The number of nitrogens with zero attached hydrogens (tertiary/aromatic N) is 2. The Kier molecular flexibility index (Phi) is 8.66. The summed E-state index contributed by atoms with van der Waals surface area (Å²) in [6.07, 6.45) is 4.24. The van der Waals surface area contributed by atoms with E-state index in [-0.39, 0.29) is 22.4 Å². The van der Waals surface area contributed by atoms with Gasteiger partial charge in [0.2, 0.25) is 10.0 Å². The van der Waals surface area contributed by atoms with Crippen LogP contribution in [0.4, 0.5) is 0 Å². The van der Waals surface area contributed by atoms with Crippen molar-refractivity contribution in [3.63, 3.8) is 0 Å². The van der Waals surface area contributed by atoms with Gasteiger partial charge in [0.1, 0.15) is 0 Å². The van der Waals surface area contributed by atoms with Crippen molar-refractivity contribution in [1.82, 2.24) is 14.5 Å². The summed E-state index contributed by atoms with van der Waals surface area (Å²) in [5.74, 6) is 0.0380. The predicted molar refractivity (Wildman–Crippen MR) is 126 cm³/mol. The summed E-state index contributed by atoms with van der Waals surface area (Å²) < 4.78 is 26.6. The zero-order valence-electron chi connectivity index (χ0n) is 18.1. The summed E-state index contributed by atoms with van der Waals surface area (Å²) in [7, 11) is -3.22. The number of piperazine rings is 1. The maximum Gasteiger partial charge on any atom is 0.251 e. The highest BCUT2D eigenvalue weighted by Gasteiger charge is 2.48. The topological polar surface area (TPSA) is 69.7 Å². The molecule has 1 saturated carbocycles. The van der Waals surface area contributed by atoms with Gasteiger partial charge in [-0.15, -0.1) is 23.2 Å². The molecule has 3 unspecified atom stereocenters. The number of halogens is 2. The van der Waals surface area contributed by atoms with Gasteiger partial charge in [-0.3, -0.25) is 9.69 Å². The molecule has 2 aliphatic rings. The second-order valence-corrected chi connectivity index (χ2v) is 11.6. The Labute approximate surface area is 196 Å². The SMILES string of the molecule is CCCS(=O)(=O)N1CCN(C2(CNC(=O)c3ccccc3)CCCCC(Cl)C2Cl)CC1. The summed E-state index contributed by atoms with van der Waals surface area (Å²) in [6.45, 7) is 4.30. The van der Waals surface area contributed by atoms with Crippen molar-refractivity contribution in [3.05, 3.63) is 35.9 Å². The standard InChI is InChI=1S/C22H33Cl2N3O3S/c1-2-16-31(29,30)27-14-12-26(13-15-27)22(11-7-6-10-19(23)20(22)24)17-25-21(28)18-8-4-3-5-9-18/h3-5,8-9,19-20H,2,6-7,10-17H2,1H3,(H,25,28). The average molecular weight is 490 g/mol. The highest BCUT2D eigenvalue weighted by molar-refractivity contribution is 7.89. The molecule has 0 spiro atoms. The minimum Gasteiger partial charge on any atom is -0.350 e. The van der Waals surface area contributed by atoms with Crippen molar-refractivity contribution >= 4 is 39.1 Å². The molecule has 0 radical (unpaired) electrons. The number of sulfonamides is 1. The first-order valence-electron chi connectivity index (χ1n) is 11.1. The summed E-state index contributed by atoms with van der Waals surface area (Å²) in [5, 5.41) is 2.56. The van der Waals surface area contributed by atoms with E-state index in [9.17, 15) is 13.2 Å². The van der Waals surface area contributed by atoms with Crippen LogP contribution in [0.25, 0.3) is 0 Å². The molecule has 1 aromatic rings. The minimum atomic E-state index is -3.22. The minimum absolute atomic E-state index is 0.136. The quantitative estimate of drug-likeness (QED) is 0.471. The van der Waals surface area contributed by atoms with Crippen molar-refractivity contribution in [3.8, 4) is 0 Å². The molecule has 1 amide bonds. The fourth-order valence-electron chi connectivity index (χ4n) is 4.75. The molecule has 6 nitrogen and oxygen atoms in total. The number of nitrogens with one attached hydrogen (secondary N) is 1. The number of benzene rings is 1. The highest BCUT2D eigenvalue weighted by atomic mass is 35.5. The van der Waals surface area contributed by atoms with Crippen LogP contribution in [0.1, 0.15) is 49.4 Å². The first kappa shape index (κ1) is 24.8. The monoisotopic (exact) mass is 489 g/mol. The third-order valence-corrected chi connectivity index (χ3v) is 9.87. The van der Waals surface area contributed by atoms with E-state index >= 15 is 0 Å². The van der Waals surface area contributed by atoms with Crippen LogP contribution < -0.4 is 5.32 Å². The molecule has 0 aromatic heterocycles. The van der Waals surface area contributed by atoms with Crippen molar-refractivity contribution in [1.29, 1.82) is 0 Å². The molecule has 174 valence electrons. The number of rotatable bonds is 7. The van der Waals surface area contributed by atoms with E-state index in [1.807, 2.05) is 25.1 Å². The molecule has 1 aliphatic heterocycles. The fraction of sp³-hybridized carbons (Fsp3) is 0.682. The summed E-state index contributed by atoms with van der Waals surface area (Å²) in [5.41, 5.74) is 0.102. The second-order valence-electron chi connectivity index (χ2n) is 8.52. The van der Waals surface area contributed by atoms with E-state index in [2.05, 4.69) is 10.2 Å². The second kappa shape index (κ2) is 10.8. The van der Waals surface area contributed by atoms with E-state index in [0.29, 0.717) is 44.7 Å². The Morgan fingerprint density at radius 3 is 2.45 bits per heavy atom. The van der Waals surface area contributed by atoms with E-state index in [1.165, 1.54) is 0 Å². The van der Waals surface area contributed by atoms with E-state index < -0.39 is 15.6 Å². The molecule has 1 N–H and O–H groups in total. The lowest BCUT2D eigenvalue weighted by Gasteiger charge is -2.50. The summed E-state index contributed by atoms with van der Waals surface area (Å²) in [6, 6.07) is 9.13. The maximum absolute atomic E-state index is 12.7. The van der Waals surface area contributed by atoms with Crippen molar-refractivity contribution in [2.24, 2.45) is 0 Å². The van der Waals surface area contributed by atoms with Gasteiger partial charge in [-0.1, -0.05) is 38.0 Å². The van der Waals surface area contributed by atoms with Crippen LogP contribution in [0.15, 0.2) is 30.3 Å². The number of hydrogen-bond donors (Lipinski definition) is 1. The zero-order chi connectivity index (χ0) is 22.5. The molecule has 31 heavy (non-hydrogen) atoms. The van der Waals surface area contributed by atoms with Crippen molar-refractivity contribution in [2.75, 3.05) is 38.5 Å². The number of carbonyl (C=O) groups excluding carboxylic acids is 1. The third-order valence-electron chi connectivity index (χ3n) is 6.49. The maximum atomic E-state index is 12.7. The molecule has 0 bridgehead atoms. The zero-order valence-corrected chi connectivity index (χ0v) is 20.4. The van der Waals surface area contributed by atoms with Crippen LogP contribution in [0.3, 0.4) is 0 Å². The van der Waals surface area contributed by atoms with Crippen molar-refractivity contribution in [2.45, 2.75) is 55.3 Å². The number of amides is 1. The Balaban J connectivity index is 1.78. The van der Waals surface area contributed by atoms with Crippen LogP contribution in [0.5, 0.6) is 0 Å². The lowest BCUT2D eigenvalue weighted by atomic mass is 9.86. The Morgan fingerprint density at radius 1 is 1.13 bits per heavy atom. The molecular weight excluding hydrogens is 457 g/mol. The predicted octanol–water partition coefficient (Wildman–Crippen LogP) is 3.30. The molecule has 1 saturated heterocycles. The smallest absolute Gasteiger partial charge is 0.251 e. The van der Waals surface area contributed by atoms with Gasteiger partial charge in [-0.05, 0) is 31.4 Å². The van der Waals surface area contributed by atoms with Crippen LogP contribution in [0.2, 0.25) is 0 Å². The first-order chi connectivity index (χ1) is 14.8. The fourth-order valence-corrected chi connectivity index (χ4v) is 7.08. The van der Waals surface area contributed by atoms with Crippen LogP contribution in [-0.2, 0) is 10.0 Å². The van der Waals surface area contributed by atoms with Gasteiger partial charge in [0.15, 0.2) is 0 Å². The summed E-state index contributed by atoms with van der Waals surface area (Å²) in [4.78, 5) is 15.0. The van der Waals surface area contributed by atoms with Gasteiger partial charge >= 0.3 is 0 Å². The molecule has 3 atom stereocenters. The van der Waals surface area contributed by atoms with Crippen LogP contribution in [0, 0.1) is 0 Å². The molecule has 2 fully saturated rings. The van der Waals surface area contributed by atoms with E-state index in [4.69, 9.17) is 23.2 Å². The average Bonchev–Trinajstić information content (AvgIpc) is 2.92. The Bertz CT molecular complexity index is 832. The third kappa shape index (κ3) is 5.74. The normalized spacial score (nSPS) is 28.7. The molecule has 9 heteroatoms. The van der Waals surface area contributed by atoms with E-state index in [1.54, 1.807) is 16.4 Å². The lowest BCUT2D eigenvalue weighted by Crippen LogP contribution is -2.66. The van der Waals surface area contributed by atoms with Gasteiger partial charge in [0.05, 0.1) is 22.0 Å². The largest absolute Gasteiger partial charge is 0.350 e. The highest BCUT2D eigenvalue weighted by Crippen LogP contribution is 2.39. The van der Waals surface area contributed by atoms with Gasteiger partial charge < -0.3 is 5.32 Å². The van der Waals surface area contributed by atoms with Gasteiger partial charge in [-0.25, -0.2) is 8.42 Å². The van der Waals surface area contributed by atoms with Gasteiger partial charge in [0, 0.05) is 38.3 Å². The summed E-state index contributed by atoms with van der Waals surface area (Å²) >= 11 is 13.6.